The van der Waals surface area contributed by atoms with Gasteiger partial charge < -0.3 is 20.0 Å². The molecule has 172 valence electrons. The van der Waals surface area contributed by atoms with Crippen LogP contribution in [-0.2, 0) is 4.79 Å². The summed E-state index contributed by atoms with van der Waals surface area (Å²) in [5.41, 5.74) is 5.75. The zero-order valence-corrected chi connectivity index (χ0v) is 18.7. The molecule has 3 fully saturated rings. The molecule has 3 aliphatic rings. The number of hydrogen-bond donors (Lipinski definition) is 1. The van der Waals surface area contributed by atoms with Gasteiger partial charge in [0.15, 0.2) is 0 Å². The molecular formula is C25H29FN6O. The maximum Gasteiger partial charge on any atom is 0.228 e. The second-order valence-corrected chi connectivity index (χ2v) is 9.23. The minimum atomic E-state index is -0.930. The summed E-state index contributed by atoms with van der Waals surface area (Å²) in [6.45, 7) is 6.90. The summed E-state index contributed by atoms with van der Waals surface area (Å²) in [6.07, 6.45) is 3.37. The Kier molecular flexibility index (Phi) is 5.17. The van der Waals surface area contributed by atoms with E-state index in [0.29, 0.717) is 19.5 Å². The highest BCUT2D eigenvalue weighted by atomic mass is 19.1. The van der Waals surface area contributed by atoms with Crippen LogP contribution >= 0.6 is 0 Å². The summed E-state index contributed by atoms with van der Waals surface area (Å²) in [4.78, 5) is 18.9. The van der Waals surface area contributed by atoms with Crippen molar-refractivity contribution in [2.45, 2.75) is 12.6 Å². The molecule has 0 bridgehead atoms. The van der Waals surface area contributed by atoms with E-state index in [-0.39, 0.29) is 5.91 Å². The molecule has 8 heteroatoms. The first-order chi connectivity index (χ1) is 16.2. The number of hydrogen-bond acceptors (Lipinski definition) is 5. The number of aromatic nitrogens is 2. The molecule has 33 heavy (non-hydrogen) atoms. The molecule has 0 unspecified atom stereocenters. The maximum absolute atomic E-state index is 13.3. The summed E-state index contributed by atoms with van der Waals surface area (Å²) >= 11 is 0. The number of carbonyl (C=O) groups excluding carboxylic acids is 1. The standard InChI is InChI=1S/C25H29FN6O/c26-22-16-21(22)25(33)31-13-11-30(12-14-31)23-5-6-28-32-17-19(15-24(23)32)18-1-3-20(4-2-18)29-9-7-27-8-10-29/h1-6,15,17,21-22,27H,7-14,16H2/t21-,22+/m0/s1. The maximum atomic E-state index is 13.3. The fourth-order valence-electron chi connectivity index (χ4n) is 5.03. The van der Waals surface area contributed by atoms with Crippen LogP contribution in [0, 0.1) is 5.92 Å². The quantitative estimate of drug-likeness (QED) is 0.665. The monoisotopic (exact) mass is 448 g/mol. The summed E-state index contributed by atoms with van der Waals surface area (Å²) in [6, 6.07) is 13.0. The predicted molar refractivity (Wildman–Crippen MR) is 128 cm³/mol. The molecule has 1 aliphatic carbocycles. The number of alkyl halides is 1. The van der Waals surface area contributed by atoms with E-state index in [1.54, 1.807) is 0 Å². The second kappa shape index (κ2) is 8.33. The van der Waals surface area contributed by atoms with Crippen molar-refractivity contribution in [1.82, 2.24) is 19.8 Å². The summed E-state index contributed by atoms with van der Waals surface area (Å²) in [5.74, 6) is -0.411. The van der Waals surface area contributed by atoms with E-state index >= 15 is 0 Å². The van der Waals surface area contributed by atoms with Gasteiger partial charge in [-0.2, -0.15) is 5.10 Å². The van der Waals surface area contributed by atoms with Gasteiger partial charge in [0.2, 0.25) is 5.91 Å². The lowest BCUT2D eigenvalue weighted by atomic mass is 10.1. The van der Waals surface area contributed by atoms with Crippen LogP contribution in [-0.4, -0.2) is 79.0 Å². The van der Waals surface area contributed by atoms with E-state index in [9.17, 15) is 9.18 Å². The lowest BCUT2D eigenvalue weighted by molar-refractivity contribution is -0.133. The van der Waals surface area contributed by atoms with E-state index in [2.05, 4.69) is 56.7 Å². The third kappa shape index (κ3) is 3.93. The molecule has 2 aliphatic heterocycles. The smallest absolute Gasteiger partial charge is 0.228 e. The fourth-order valence-corrected chi connectivity index (χ4v) is 5.03. The SMILES string of the molecule is O=C([C@H]1C[C@H]1F)N1CCN(c2ccnn3cc(-c4ccc(N5CCNCC5)cc4)cc23)CC1. The van der Waals surface area contributed by atoms with Gasteiger partial charge in [0.1, 0.15) is 6.17 Å². The number of fused-ring (bicyclic) bond motifs is 1. The third-order valence-corrected chi connectivity index (χ3v) is 7.13. The molecule has 4 heterocycles. The molecule has 0 spiro atoms. The first kappa shape index (κ1) is 20.5. The Morgan fingerprint density at radius 1 is 0.939 bits per heavy atom. The van der Waals surface area contributed by atoms with Crippen molar-refractivity contribution in [2.24, 2.45) is 5.92 Å². The van der Waals surface area contributed by atoms with Crippen molar-refractivity contribution in [3.63, 3.8) is 0 Å². The number of halogens is 1. The van der Waals surface area contributed by atoms with Crippen molar-refractivity contribution in [3.05, 3.63) is 48.8 Å². The van der Waals surface area contributed by atoms with Crippen molar-refractivity contribution in [3.8, 4) is 11.1 Å². The molecule has 2 aromatic heterocycles. The summed E-state index contributed by atoms with van der Waals surface area (Å²) in [5, 5.41) is 7.92. The predicted octanol–water partition coefficient (Wildman–Crippen LogP) is 2.42. The van der Waals surface area contributed by atoms with Gasteiger partial charge in [-0.15, -0.1) is 0 Å². The highest BCUT2D eigenvalue weighted by molar-refractivity contribution is 5.83. The van der Waals surface area contributed by atoms with Crippen LogP contribution in [0.5, 0.6) is 0 Å². The molecular weight excluding hydrogens is 419 g/mol. The Morgan fingerprint density at radius 2 is 1.67 bits per heavy atom. The van der Waals surface area contributed by atoms with Crippen LogP contribution < -0.4 is 15.1 Å². The first-order valence-electron chi connectivity index (χ1n) is 11.9. The fraction of sp³-hybridized carbons (Fsp3) is 0.440. The van der Waals surface area contributed by atoms with Gasteiger partial charge in [0.25, 0.3) is 0 Å². The van der Waals surface area contributed by atoms with Gasteiger partial charge in [-0.1, -0.05) is 12.1 Å². The molecule has 2 atom stereocenters. The lowest BCUT2D eigenvalue weighted by Crippen LogP contribution is -2.49. The van der Waals surface area contributed by atoms with Gasteiger partial charge in [-0.05, 0) is 36.2 Å². The number of carbonyl (C=O) groups is 1. The van der Waals surface area contributed by atoms with Crippen molar-refractivity contribution in [1.29, 1.82) is 0 Å². The Labute approximate surface area is 192 Å². The number of amides is 1. The molecule has 1 saturated carbocycles. The molecule has 2 saturated heterocycles. The van der Waals surface area contributed by atoms with E-state index < -0.39 is 12.1 Å². The van der Waals surface area contributed by atoms with Crippen LogP contribution in [0.4, 0.5) is 15.8 Å². The highest BCUT2D eigenvalue weighted by Crippen LogP contribution is 2.36. The molecule has 6 rings (SSSR count). The minimum absolute atomic E-state index is 0.0174. The Bertz CT molecular complexity index is 1150. The second-order valence-electron chi connectivity index (χ2n) is 9.23. The van der Waals surface area contributed by atoms with Crippen LogP contribution in [0.3, 0.4) is 0 Å². The van der Waals surface area contributed by atoms with Crippen LogP contribution in [0.1, 0.15) is 6.42 Å². The normalized spacial score (nSPS) is 23.2. The van der Waals surface area contributed by atoms with Gasteiger partial charge in [0, 0.05) is 76.0 Å². The van der Waals surface area contributed by atoms with Gasteiger partial charge in [-0.3, -0.25) is 4.79 Å². The summed E-state index contributed by atoms with van der Waals surface area (Å²) < 4.78 is 15.2. The van der Waals surface area contributed by atoms with E-state index in [4.69, 9.17) is 0 Å². The van der Waals surface area contributed by atoms with Crippen molar-refractivity contribution in [2.75, 3.05) is 62.2 Å². The van der Waals surface area contributed by atoms with Gasteiger partial charge in [-0.25, -0.2) is 8.91 Å². The number of rotatable bonds is 4. The molecule has 3 aromatic rings. The lowest BCUT2D eigenvalue weighted by Gasteiger charge is -2.36. The molecule has 7 nitrogen and oxygen atoms in total. The van der Waals surface area contributed by atoms with Crippen molar-refractivity contribution >= 4 is 22.8 Å². The zero-order valence-electron chi connectivity index (χ0n) is 18.7. The van der Waals surface area contributed by atoms with E-state index in [0.717, 1.165) is 56.0 Å². The molecule has 1 aromatic carbocycles. The Morgan fingerprint density at radius 3 is 2.36 bits per heavy atom. The Hall–Kier alpha value is -3.13. The largest absolute Gasteiger partial charge is 0.369 e. The summed E-state index contributed by atoms with van der Waals surface area (Å²) in [7, 11) is 0. The topological polar surface area (TPSA) is 56.1 Å². The number of nitrogens with zero attached hydrogens (tertiary/aromatic N) is 5. The van der Waals surface area contributed by atoms with E-state index in [1.807, 2.05) is 21.7 Å². The zero-order chi connectivity index (χ0) is 22.4. The molecule has 1 amide bonds. The van der Waals surface area contributed by atoms with Gasteiger partial charge >= 0.3 is 0 Å². The number of anilines is 2. The number of nitrogens with one attached hydrogen (secondary N) is 1. The van der Waals surface area contributed by atoms with Crippen LogP contribution in [0.2, 0.25) is 0 Å². The minimum Gasteiger partial charge on any atom is -0.369 e. The number of benzene rings is 1. The number of piperazine rings is 2. The average molecular weight is 449 g/mol. The molecule has 0 radical (unpaired) electrons. The van der Waals surface area contributed by atoms with Crippen LogP contribution in [0.25, 0.3) is 16.6 Å². The van der Waals surface area contributed by atoms with Crippen molar-refractivity contribution < 1.29 is 9.18 Å². The van der Waals surface area contributed by atoms with Crippen LogP contribution in [0.15, 0.2) is 48.8 Å². The average Bonchev–Trinajstić information content (AvgIpc) is 3.44. The van der Waals surface area contributed by atoms with Gasteiger partial charge in [0.05, 0.1) is 17.1 Å². The molecule has 1 N–H and O–H groups in total. The third-order valence-electron chi connectivity index (χ3n) is 7.13. The highest BCUT2D eigenvalue weighted by Gasteiger charge is 2.46. The Balaban J connectivity index is 1.19. The first-order valence-corrected chi connectivity index (χ1v) is 11.9. The van der Waals surface area contributed by atoms with E-state index in [1.165, 1.54) is 11.3 Å².